The zero-order valence-electron chi connectivity index (χ0n) is 12.6. The van der Waals surface area contributed by atoms with Crippen molar-refractivity contribution in [2.24, 2.45) is 0 Å². The lowest BCUT2D eigenvalue weighted by Crippen LogP contribution is -2.24. The lowest BCUT2D eigenvalue weighted by Gasteiger charge is -2.07. The van der Waals surface area contributed by atoms with E-state index in [4.69, 9.17) is 5.11 Å². The Kier molecular flexibility index (Phi) is 5.68. The second kappa shape index (κ2) is 7.93. The number of aryl methyl sites for hydroxylation is 1. The monoisotopic (exact) mass is 314 g/mol. The van der Waals surface area contributed by atoms with Gasteiger partial charge in [-0.05, 0) is 30.2 Å². The summed E-state index contributed by atoms with van der Waals surface area (Å²) in [7, 11) is 0. The molecule has 1 aromatic carbocycles. The van der Waals surface area contributed by atoms with Gasteiger partial charge in [-0.15, -0.1) is 0 Å². The first-order valence-electron chi connectivity index (χ1n) is 7.30. The molecule has 1 amide bonds. The Balaban J connectivity index is 1.74. The Morgan fingerprint density at radius 1 is 1.09 bits per heavy atom. The summed E-state index contributed by atoms with van der Waals surface area (Å²) in [6, 6.07) is 11.3. The molecule has 1 heterocycles. The predicted octanol–water partition coefficient (Wildman–Crippen LogP) is 1.64. The van der Waals surface area contributed by atoms with Gasteiger partial charge in [0.05, 0.1) is 5.56 Å². The number of amides is 1. The second-order valence-corrected chi connectivity index (χ2v) is 5.11. The first kappa shape index (κ1) is 16.5. The van der Waals surface area contributed by atoms with Crippen molar-refractivity contribution in [3.63, 3.8) is 0 Å². The number of rotatable bonds is 7. The smallest absolute Gasteiger partial charge is 0.335 e. The van der Waals surface area contributed by atoms with Gasteiger partial charge in [-0.2, -0.15) is 0 Å². The van der Waals surface area contributed by atoms with Crippen molar-refractivity contribution in [1.82, 2.24) is 9.88 Å². The van der Waals surface area contributed by atoms with Gasteiger partial charge in [0.15, 0.2) is 0 Å². The summed E-state index contributed by atoms with van der Waals surface area (Å²) in [5, 5.41) is 11.6. The highest BCUT2D eigenvalue weighted by Gasteiger charge is 2.04. The van der Waals surface area contributed by atoms with Crippen LogP contribution in [0.4, 0.5) is 0 Å². The summed E-state index contributed by atoms with van der Waals surface area (Å²) in [6.45, 7) is 0.852. The topological polar surface area (TPSA) is 88.4 Å². The van der Waals surface area contributed by atoms with E-state index in [-0.39, 0.29) is 17.0 Å². The molecule has 0 radical (unpaired) electrons. The van der Waals surface area contributed by atoms with Crippen LogP contribution in [0.2, 0.25) is 0 Å². The predicted molar refractivity (Wildman–Crippen MR) is 85.2 cm³/mol. The highest BCUT2D eigenvalue weighted by Crippen LogP contribution is 2.04. The summed E-state index contributed by atoms with van der Waals surface area (Å²) in [4.78, 5) is 34.0. The van der Waals surface area contributed by atoms with Gasteiger partial charge in [0.25, 0.3) is 0 Å². The molecule has 0 saturated carbocycles. The Morgan fingerprint density at radius 2 is 1.83 bits per heavy atom. The maximum absolute atomic E-state index is 11.8. The van der Waals surface area contributed by atoms with Crippen LogP contribution in [0.15, 0.2) is 53.5 Å². The maximum atomic E-state index is 11.8. The van der Waals surface area contributed by atoms with E-state index in [9.17, 15) is 14.4 Å². The van der Waals surface area contributed by atoms with E-state index in [0.717, 1.165) is 5.56 Å². The summed E-state index contributed by atoms with van der Waals surface area (Å²) in [6.07, 6.45) is 2.60. The molecule has 0 aliphatic heterocycles. The van der Waals surface area contributed by atoms with Gasteiger partial charge in [-0.25, -0.2) is 4.79 Å². The van der Waals surface area contributed by atoms with Crippen LogP contribution >= 0.6 is 0 Å². The normalized spacial score (nSPS) is 10.3. The molecule has 2 N–H and O–H groups in total. The van der Waals surface area contributed by atoms with Gasteiger partial charge >= 0.3 is 5.97 Å². The van der Waals surface area contributed by atoms with Gasteiger partial charge in [0.2, 0.25) is 11.5 Å². The third-order valence-corrected chi connectivity index (χ3v) is 3.39. The Labute approximate surface area is 133 Å². The zero-order chi connectivity index (χ0) is 16.7. The number of carboxylic acids is 1. The van der Waals surface area contributed by atoms with Crippen molar-refractivity contribution < 1.29 is 14.7 Å². The molecule has 0 atom stereocenters. The molecular formula is C17H18N2O4. The third-order valence-electron chi connectivity index (χ3n) is 3.39. The fourth-order valence-electron chi connectivity index (χ4n) is 2.11. The molecule has 0 aliphatic carbocycles. The van der Waals surface area contributed by atoms with E-state index < -0.39 is 5.97 Å². The van der Waals surface area contributed by atoms with Crippen molar-refractivity contribution in [2.75, 3.05) is 0 Å². The minimum Gasteiger partial charge on any atom is -0.478 e. The summed E-state index contributed by atoms with van der Waals surface area (Å²) < 4.78 is 1.57. The molecule has 0 bridgehead atoms. The minimum absolute atomic E-state index is 0.0774. The highest BCUT2D eigenvalue weighted by atomic mass is 16.4. The van der Waals surface area contributed by atoms with Gasteiger partial charge in [0, 0.05) is 31.8 Å². The largest absolute Gasteiger partial charge is 0.478 e. The number of aromatic nitrogens is 1. The molecule has 0 saturated heterocycles. The van der Waals surface area contributed by atoms with Crippen LogP contribution in [0.1, 0.15) is 28.8 Å². The van der Waals surface area contributed by atoms with Gasteiger partial charge in [-0.1, -0.05) is 18.2 Å². The van der Waals surface area contributed by atoms with E-state index in [1.54, 1.807) is 35.0 Å². The zero-order valence-corrected chi connectivity index (χ0v) is 12.6. The number of pyridine rings is 1. The fourth-order valence-corrected chi connectivity index (χ4v) is 2.11. The Morgan fingerprint density at radius 3 is 2.48 bits per heavy atom. The van der Waals surface area contributed by atoms with Crippen LogP contribution in [0.25, 0.3) is 0 Å². The molecule has 0 unspecified atom stereocenters. The number of carboxylic acid groups (broad SMARTS) is 1. The van der Waals surface area contributed by atoms with E-state index in [2.05, 4.69) is 5.32 Å². The molecule has 2 rings (SSSR count). The maximum Gasteiger partial charge on any atom is 0.335 e. The van der Waals surface area contributed by atoms with E-state index >= 15 is 0 Å². The summed E-state index contributed by atoms with van der Waals surface area (Å²) in [5.41, 5.74) is 0.974. The van der Waals surface area contributed by atoms with Crippen LogP contribution in [0.5, 0.6) is 0 Å². The first-order valence-corrected chi connectivity index (χ1v) is 7.30. The van der Waals surface area contributed by atoms with Gasteiger partial charge in [0.1, 0.15) is 0 Å². The molecule has 0 spiro atoms. The van der Waals surface area contributed by atoms with Crippen LogP contribution < -0.4 is 10.9 Å². The number of hydrogen-bond donors (Lipinski definition) is 2. The molecule has 6 nitrogen and oxygen atoms in total. The van der Waals surface area contributed by atoms with Crippen LogP contribution in [0.3, 0.4) is 0 Å². The number of aromatic carboxylic acids is 1. The Bertz CT molecular complexity index is 735. The van der Waals surface area contributed by atoms with Gasteiger partial charge in [-0.3, -0.25) is 9.59 Å². The molecule has 23 heavy (non-hydrogen) atoms. The first-order chi connectivity index (χ1) is 11.1. The number of nitrogens with one attached hydrogen (secondary N) is 1. The van der Waals surface area contributed by atoms with Crippen LogP contribution in [0, 0.1) is 0 Å². The van der Waals surface area contributed by atoms with Crippen LogP contribution in [-0.2, 0) is 17.9 Å². The van der Waals surface area contributed by atoms with E-state index in [1.807, 2.05) is 0 Å². The average molecular weight is 314 g/mol. The number of hydrogen-bond acceptors (Lipinski definition) is 3. The summed E-state index contributed by atoms with van der Waals surface area (Å²) in [5.74, 6) is -1.08. The Hall–Kier alpha value is -2.89. The number of benzene rings is 1. The number of carbonyl (C=O) groups is 2. The molecule has 6 heteroatoms. The standard InChI is InChI=1S/C17H18N2O4/c20-15(4-3-11-19-10-2-1-5-16(19)21)18-12-13-6-8-14(9-7-13)17(22)23/h1-2,5-10H,3-4,11-12H2,(H,18,20)(H,22,23). The quantitative estimate of drug-likeness (QED) is 0.813. The van der Waals surface area contributed by atoms with Crippen LogP contribution in [-0.4, -0.2) is 21.6 Å². The summed E-state index contributed by atoms with van der Waals surface area (Å²) >= 11 is 0. The molecule has 1 aromatic heterocycles. The molecule has 0 aliphatic rings. The van der Waals surface area contributed by atoms with Crippen molar-refractivity contribution >= 4 is 11.9 Å². The minimum atomic E-state index is -0.975. The number of carbonyl (C=O) groups excluding carboxylic acids is 1. The SMILES string of the molecule is O=C(CCCn1ccccc1=O)NCc1ccc(C(=O)O)cc1. The van der Waals surface area contributed by atoms with E-state index in [0.29, 0.717) is 25.9 Å². The molecular weight excluding hydrogens is 296 g/mol. The van der Waals surface area contributed by atoms with E-state index in [1.165, 1.54) is 18.2 Å². The van der Waals surface area contributed by atoms with Crippen molar-refractivity contribution in [3.05, 3.63) is 70.1 Å². The molecule has 2 aromatic rings. The third kappa shape index (κ3) is 5.10. The number of nitrogens with zero attached hydrogens (tertiary/aromatic N) is 1. The lowest BCUT2D eigenvalue weighted by atomic mass is 10.1. The fraction of sp³-hybridized carbons (Fsp3) is 0.235. The lowest BCUT2D eigenvalue weighted by molar-refractivity contribution is -0.121. The van der Waals surface area contributed by atoms with Gasteiger partial charge < -0.3 is 15.0 Å². The highest BCUT2D eigenvalue weighted by molar-refractivity contribution is 5.87. The van der Waals surface area contributed by atoms with Crippen molar-refractivity contribution in [2.45, 2.75) is 25.9 Å². The second-order valence-electron chi connectivity index (χ2n) is 5.11. The molecule has 0 fully saturated rings. The van der Waals surface area contributed by atoms with Crippen molar-refractivity contribution in [3.8, 4) is 0 Å². The van der Waals surface area contributed by atoms with Crippen molar-refractivity contribution in [1.29, 1.82) is 0 Å². The average Bonchev–Trinajstić information content (AvgIpc) is 2.55. The molecule has 120 valence electrons.